The lowest BCUT2D eigenvalue weighted by Crippen LogP contribution is -2.31. The summed E-state index contributed by atoms with van der Waals surface area (Å²) in [4.78, 5) is 23.0. The van der Waals surface area contributed by atoms with E-state index >= 15 is 0 Å². The van der Waals surface area contributed by atoms with Gasteiger partial charge in [0.2, 0.25) is 0 Å². The van der Waals surface area contributed by atoms with Crippen molar-refractivity contribution in [3.05, 3.63) is 69.9 Å². The van der Waals surface area contributed by atoms with Crippen molar-refractivity contribution in [1.29, 1.82) is 0 Å². The molecule has 11 heteroatoms. The minimum atomic E-state index is -0.162. The summed E-state index contributed by atoms with van der Waals surface area (Å²) in [5.74, 6) is 1.07. The lowest BCUT2D eigenvalue weighted by Gasteiger charge is -2.10. The van der Waals surface area contributed by atoms with Crippen molar-refractivity contribution in [1.82, 2.24) is 34.9 Å². The number of benzene rings is 1. The van der Waals surface area contributed by atoms with Crippen molar-refractivity contribution in [2.24, 2.45) is 0 Å². The van der Waals surface area contributed by atoms with Crippen LogP contribution in [0.1, 0.15) is 15.5 Å². The molecular formula is C22H22ClN7OS2. The number of carbonyl (C=O) groups excluding carboxylic acids is 1. The maximum atomic E-state index is 12.3. The molecule has 0 aliphatic carbocycles. The van der Waals surface area contributed by atoms with Gasteiger partial charge in [-0.1, -0.05) is 29.4 Å². The molecule has 1 aromatic carbocycles. The van der Waals surface area contributed by atoms with Gasteiger partial charge in [-0.3, -0.25) is 14.3 Å². The molecule has 4 aromatic rings. The minimum absolute atomic E-state index is 0.162. The van der Waals surface area contributed by atoms with Gasteiger partial charge in [0.25, 0.3) is 5.91 Å². The Kier molecular flexibility index (Phi) is 7.71. The van der Waals surface area contributed by atoms with Crippen LogP contribution in [0.2, 0.25) is 5.02 Å². The van der Waals surface area contributed by atoms with Crippen LogP contribution in [0.25, 0.3) is 17.1 Å². The fraction of sp³-hybridized carbons (Fsp3) is 0.227. The number of likely N-dealkylation sites (N-methyl/N-ethyl adjacent to an activating group) is 1. The minimum Gasteiger partial charge on any atom is -0.349 e. The molecule has 0 aliphatic rings. The highest BCUT2D eigenvalue weighted by molar-refractivity contribution is 7.98. The average molecular weight is 500 g/mol. The summed E-state index contributed by atoms with van der Waals surface area (Å²) < 4.78 is 1.95. The third-order valence-electron chi connectivity index (χ3n) is 4.57. The van der Waals surface area contributed by atoms with Gasteiger partial charge >= 0.3 is 0 Å². The van der Waals surface area contributed by atoms with Crippen LogP contribution >= 0.6 is 34.7 Å². The molecule has 1 amide bonds. The summed E-state index contributed by atoms with van der Waals surface area (Å²) in [6.45, 7) is 1.35. The van der Waals surface area contributed by atoms with E-state index in [-0.39, 0.29) is 5.91 Å². The van der Waals surface area contributed by atoms with Crippen LogP contribution in [0.3, 0.4) is 0 Å². The maximum absolute atomic E-state index is 12.3. The Balaban J connectivity index is 1.53. The van der Waals surface area contributed by atoms with Crippen molar-refractivity contribution in [3.8, 4) is 17.1 Å². The molecular weight excluding hydrogens is 478 g/mol. The quantitative estimate of drug-likeness (QED) is 0.348. The fourth-order valence-corrected chi connectivity index (χ4v) is 4.91. The number of aromatic nitrogens is 5. The molecule has 3 heterocycles. The molecule has 0 spiro atoms. The van der Waals surface area contributed by atoms with Gasteiger partial charge in [0, 0.05) is 41.4 Å². The number of rotatable bonds is 9. The molecule has 33 heavy (non-hydrogen) atoms. The van der Waals surface area contributed by atoms with E-state index < -0.39 is 0 Å². The molecule has 0 radical (unpaired) electrons. The highest BCUT2D eigenvalue weighted by atomic mass is 35.5. The first kappa shape index (κ1) is 23.4. The molecule has 170 valence electrons. The van der Waals surface area contributed by atoms with E-state index in [2.05, 4.69) is 25.5 Å². The molecule has 8 nitrogen and oxygen atoms in total. The largest absolute Gasteiger partial charge is 0.349 e. The number of halogens is 1. The molecule has 3 aromatic heterocycles. The maximum Gasteiger partial charge on any atom is 0.270 e. The Morgan fingerprint density at radius 1 is 1.24 bits per heavy atom. The van der Waals surface area contributed by atoms with Gasteiger partial charge < -0.3 is 10.2 Å². The molecule has 1 N–H and O–H groups in total. The van der Waals surface area contributed by atoms with Crippen LogP contribution in [-0.4, -0.2) is 62.7 Å². The summed E-state index contributed by atoms with van der Waals surface area (Å²) in [5.41, 5.74) is 2.14. The summed E-state index contributed by atoms with van der Waals surface area (Å²) >= 11 is 9.20. The number of pyridine rings is 1. The van der Waals surface area contributed by atoms with E-state index in [1.807, 2.05) is 60.0 Å². The number of nitrogens with one attached hydrogen (secondary N) is 1. The lowest BCUT2D eigenvalue weighted by atomic mass is 10.2. The number of carbonyl (C=O) groups is 1. The van der Waals surface area contributed by atoms with Crippen molar-refractivity contribution in [3.63, 3.8) is 0 Å². The molecule has 4 rings (SSSR count). The van der Waals surface area contributed by atoms with Gasteiger partial charge in [0.05, 0.1) is 11.4 Å². The predicted octanol–water partition coefficient (Wildman–Crippen LogP) is 4.02. The van der Waals surface area contributed by atoms with Crippen LogP contribution in [0.5, 0.6) is 0 Å². The highest BCUT2D eigenvalue weighted by Gasteiger charge is 2.18. The molecule has 0 atom stereocenters. The van der Waals surface area contributed by atoms with Crippen molar-refractivity contribution in [2.45, 2.75) is 10.9 Å². The van der Waals surface area contributed by atoms with E-state index in [0.717, 1.165) is 22.8 Å². The zero-order chi connectivity index (χ0) is 23.2. The summed E-state index contributed by atoms with van der Waals surface area (Å²) in [7, 11) is 3.93. The monoisotopic (exact) mass is 499 g/mol. The van der Waals surface area contributed by atoms with Crippen LogP contribution in [0.15, 0.2) is 59.3 Å². The van der Waals surface area contributed by atoms with Crippen molar-refractivity contribution in [2.75, 3.05) is 27.2 Å². The SMILES string of the molecule is CN(C)CCNC(=O)c1csc(CSc2nnc(-c3cccnc3)n2-c2cccc(Cl)c2)n1. The molecule has 0 aliphatic heterocycles. The third-order valence-corrected chi connectivity index (χ3v) is 6.78. The summed E-state index contributed by atoms with van der Waals surface area (Å²) in [5, 5.41) is 15.6. The Bertz CT molecular complexity index is 1230. The van der Waals surface area contributed by atoms with Gasteiger partial charge in [0.1, 0.15) is 10.7 Å². The van der Waals surface area contributed by atoms with Crippen LogP contribution in [0, 0.1) is 0 Å². The zero-order valence-electron chi connectivity index (χ0n) is 18.1. The first-order valence-corrected chi connectivity index (χ1v) is 12.4. The number of hydrogen-bond donors (Lipinski definition) is 1. The van der Waals surface area contributed by atoms with E-state index in [1.165, 1.54) is 23.1 Å². The molecule has 0 unspecified atom stereocenters. The second-order valence-corrected chi connectivity index (χ2v) is 9.66. The standard InChI is InChI=1S/C22H22ClN7OS2/c1-29(2)10-9-25-21(31)18-13-32-19(26-18)14-33-22-28-27-20(15-5-4-8-24-12-15)30(22)17-7-3-6-16(23)11-17/h3-8,11-13H,9-10,14H2,1-2H3,(H,25,31). The van der Waals surface area contributed by atoms with Crippen molar-refractivity contribution < 1.29 is 4.79 Å². The molecule has 0 saturated heterocycles. The smallest absolute Gasteiger partial charge is 0.270 e. The lowest BCUT2D eigenvalue weighted by molar-refractivity contribution is 0.0946. The van der Waals surface area contributed by atoms with Crippen LogP contribution < -0.4 is 5.32 Å². The second-order valence-electron chi connectivity index (χ2n) is 7.34. The van der Waals surface area contributed by atoms with Gasteiger partial charge in [-0.05, 0) is 44.4 Å². The Labute approximate surface area is 205 Å². The summed E-state index contributed by atoms with van der Waals surface area (Å²) in [6.07, 6.45) is 3.47. The van der Waals surface area contributed by atoms with Gasteiger partial charge in [-0.25, -0.2) is 4.98 Å². The van der Waals surface area contributed by atoms with Crippen LogP contribution in [-0.2, 0) is 5.75 Å². The Hall–Kier alpha value is -2.79. The number of thioether (sulfide) groups is 1. The summed E-state index contributed by atoms with van der Waals surface area (Å²) in [6, 6.07) is 11.3. The number of amides is 1. The number of thiazole rings is 1. The molecule has 0 bridgehead atoms. The average Bonchev–Trinajstić information content (AvgIpc) is 3.45. The van der Waals surface area contributed by atoms with Crippen molar-refractivity contribution >= 4 is 40.6 Å². The van der Waals surface area contributed by atoms with E-state index in [1.54, 1.807) is 17.8 Å². The molecule has 0 fully saturated rings. The van der Waals surface area contributed by atoms with E-state index in [0.29, 0.717) is 34.0 Å². The second kappa shape index (κ2) is 10.9. The van der Waals surface area contributed by atoms with Gasteiger partial charge in [0.15, 0.2) is 11.0 Å². The topological polar surface area (TPSA) is 88.8 Å². The number of nitrogens with zero attached hydrogens (tertiary/aromatic N) is 6. The zero-order valence-corrected chi connectivity index (χ0v) is 20.5. The normalized spacial score (nSPS) is 11.2. The van der Waals surface area contributed by atoms with Crippen LogP contribution in [0.4, 0.5) is 0 Å². The highest BCUT2D eigenvalue weighted by Crippen LogP contribution is 2.31. The number of hydrogen-bond acceptors (Lipinski definition) is 8. The van der Waals surface area contributed by atoms with E-state index in [9.17, 15) is 4.79 Å². The molecule has 0 saturated carbocycles. The first-order valence-electron chi connectivity index (χ1n) is 10.1. The first-order chi connectivity index (χ1) is 16.0. The van der Waals surface area contributed by atoms with E-state index in [4.69, 9.17) is 11.6 Å². The fourth-order valence-electron chi connectivity index (χ4n) is 2.98. The van der Waals surface area contributed by atoms with Gasteiger partial charge in [-0.15, -0.1) is 21.5 Å². The Morgan fingerprint density at radius 3 is 2.88 bits per heavy atom. The van der Waals surface area contributed by atoms with Gasteiger partial charge in [-0.2, -0.15) is 0 Å². The third kappa shape index (κ3) is 5.97. The Morgan fingerprint density at radius 2 is 2.12 bits per heavy atom. The predicted molar refractivity (Wildman–Crippen MR) is 132 cm³/mol.